The molecule has 19 heavy (non-hydrogen) atoms. The van der Waals surface area contributed by atoms with Gasteiger partial charge in [-0.1, -0.05) is 6.92 Å². The lowest BCUT2D eigenvalue weighted by Gasteiger charge is -2.17. The lowest BCUT2D eigenvalue weighted by atomic mass is 10.3. The van der Waals surface area contributed by atoms with Gasteiger partial charge >= 0.3 is 0 Å². The fraction of sp³-hybridized carbons (Fsp3) is 0.385. The zero-order valence-corrected chi connectivity index (χ0v) is 13.5. The first-order valence-electron chi connectivity index (χ1n) is 6.19. The van der Waals surface area contributed by atoms with E-state index in [2.05, 4.69) is 54.5 Å². The first kappa shape index (κ1) is 14.3. The van der Waals surface area contributed by atoms with Gasteiger partial charge in [-0.05, 0) is 39.4 Å². The van der Waals surface area contributed by atoms with Gasteiger partial charge in [-0.25, -0.2) is 4.98 Å². The lowest BCUT2D eigenvalue weighted by Crippen LogP contribution is -2.18. The van der Waals surface area contributed by atoms with Crippen molar-refractivity contribution < 1.29 is 0 Å². The van der Waals surface area contributed by atoms with Gasteiger partial charge < -0.3 is 10.2 Å². The van der Waals surface area contributed by atoms with E-state index in [4.69, 9.17) is 0 Å². The summed E-state index contributed by atoms with van der Waals surface area (Å²) in [5.41, 5.74) is 1.27. The van der Waals surface area contributed by atoms with E-state index in [1.807, 2.05) is 7.05 Å². The number of thiophene rings is 1. The third-order valence-electron chi connectivity index (χ3n) is 2.61. The first-order valence-corrected chi connectivity index (χ1v) is 7.86. The lowest BCUT2D eigenvalue weighted by molar-refractivity contribution is 0.888. The molecule has 0 aromatic carbocycles. The van der Waals surface area contributed by atoms with Crippen LogP contribution in [0.15, 0.2) is 27.6 Å². The number of hydrogen-bond acceptors (Lipinski definition) is 5. The van der Waals surface area contributed by atoms with Crippen LogP contribution in [0.4, 0.5) is 11.6 Å². The molecule has 4 nitrogen and oxygen atoms in total. The van der Waals surface area contributed by atoms with Crippen LogP contribution in [0.25, 0.3) is 0 Å². The highest BCUT2D eigenvalue weighted by Crippen LogP contribution is 2.22. The summed E-state index contributed by atoms with van der Waals surface area (Å²) in [6, 6.07) is 2.13. The van der Waals surface area contributed by atoms with Crippen LogP contribution in [-0.2, 0) is 6.54 Å². The van der Waals surface area contributed by atoms with E-state index in [1.54, 1.807) is 23.7 Å². The Morgan fingerprint density at radius 1 is 1.42 bits per heavy atom. The molecule has 0 spiro atoms. The molecule has 2 rings (SSSR count). The maximum Gasteiger partial charge on any atom is 0.149 e. The molecular formula is C13H17BrN4S. The average molecular weight is 341 g/mol. The molecule has 6 heteroatoms. The van der Waals surface area contributed by atoms with Crippen molar-refractivity contribution in [3.8, 4) is 0 Å². The monoisotopic (exact) mass is 340 g/mol. The van der Waals surface area contributed by atoms with Gasteiger partial charge in [0.05, 0.1) is 16.2 Å². The summed E-state index contributed by atoms with van der Waals surface area (Å²) >= 11 is 5.18. The third-order valence-corrected chi connectivity index (χ3v) is 4.16. The normalized spacial score (nSPS) is 10.5. The molecule has 2 aromatic heterocycles. The summed E-state index contributed by atoms with van der Waals surface area (Å²) in [7, 11) is 2.03. The molecule has 0 radical (unpaired) electrons. The van der Waals surface area contributed by atoms with Gasteiger partial charge in [0.15, 0.2) is 0 Å². The molecule has 0 atom stereocenters. The van der Waals surface area contributed by atoms with Gasteiger partial charge in [0.1, 0.15) is 11.6 Å². The van der Waals surface area contributed by atoms with Crippen molar-refractivity contribution >= 4 is 38.9 Å². The zero-order valence-electron chi connectivity index (χ0n) is 11.1. The van der Waals surface area contributed by atoms with Gasteiger partial charge in [-0.15, -0.1) is 11.3 Å². The molecule has 0 aliphatic heterocycles. The van der Waals surface area contributed by atoms with Crippen LogP contribution in [0.2, 0.25) is 0 Å². The molecule has 0 aliphatic carbocycles. The first-order chi connectivity index (χ1) is 9.19. The van der Waals surface area contributed by atoms with Crippen LogP contribution in [0.3, 0.4) is 0 Å². The highest BCUT2D eigenvalue weighted by Gasteiger charge is 2.06. The molecule has 0 fully saturated rings. The second kappa shape index (κ2) is 6.86. The molecule has 2 heterocycles. The van der Waals surface area contributed by atoms with E-state index < -0.39 is 0 Å². The van der Waals surface area contributed by atoms with Crippen molar-refractivity contribution in [2.24, 2.45) is 0 Å². The minimum Gasteiger partial charge on any atom is -0.369 e. The summed E-state index contributed by atoms with van der Waals surface area (Å²) in [5.74, 6) is 1.71. The average Bonchev–Trinajstić information content (AvgIpc) is 2.82. The molecule has 0 bridgehead atoms. The van der Waals surface area contributed by atoms with Crippen molar-refractivity contribution in [2.75, 3.05) is 23.8 Å². The van der Waals surface area contributed by atoms with Gasteiger partial charge in [0.25, 0.3) is 0 Å². The van der Waals surface area contributed by atoms with E-state index >= 15 is 0 Å². The maximum absolute atomic E-state index is 4.56. The zero-order chi connectivity index (χ0) is 13.7. The van der Waals surface area contributed by atoms with Crippen LogP contribution >= 0.6 is 27.3 Å². The van der Waals surface area contributed by atoms with Crippen LogP contribution in [0.5, 0.6) is 0 Å². The van der Waals surface area contributed by atoms with Crippen molar-refractivity contribution in [2.45, 2.75) is 19.9 Å². The topological polar surface area (TPSA) is 41.1 Å². The van der Waals surface area contributed by atoms with Crippen molar-refractivity contribution in [3.63, 3.8) is 0 Å². The number of rotatable bonds is 6. The van der Waals surface area contributed by atoms with E-state index in [1.165, 1.54) is 5.56 Å². The largest absolute Gasteiger partial charge is 0.369 e. The highest BCUT2D eigenvalue weighted by molar-refractivity contribution is 9.11. The number of nitrogens with one attached hydrogen (secondary N) is 1. The molecule has 0 aliphatic rings. The summed E-state index contributed by atoms with van der Waals surface area (Å²) < 4.78 is 1.15. The molecule has 1 N–H and O–H groups in total. The molecule has 102 valence electrons. The number of nitrogens with zero attached hydrogens (tertiary/aromatic N) is 3. The molecule has 0 unspecified atom stereocenters. The van der Waals surface area contributed by atoms with Gasteiger partial charge in [-0.3, -0.25) is 4.98 Å². The fourth-order valence-electron chi connectivity index (χ4n) is 1.66. The van der Waals surface area contributed by atoms with E-state index in [-0.39, 0.29) is 0 Å². The Kier molecular flexibility index (Phi) is 5.15. The number of anilines is 2. The summed E-state index contributed by atoms with van der Waals surface area (Å²) in [5, 5.41) is 5.40. The van der Waals surface area contributed by atoms with E-state index in [9.17, 15) is 0 Å². The minimum atomic E-state index is 0.827. The Bertz CT molecular complexity index is 529. The smallest absolute Gasteiger partial charge is 0.149 e. The highest BCUT2D eigenvalue weighted by atomic mass is 79.9. The SMILES string of the molecule is CCCNc1cncc(N(C)Cc2csc(Br)c2)n1. The molecule has 0 amide bonds. The predicted octanol–water partition coefficient (Wildman–Crippen LogP) is 3.76. The van der Waals surface area contributed by atoms with Gasteiger partial charge in [0, 0.05) is 20.1 Å². The number of aromatic nitrogens is 2. The van der Waals surface area contributed by atoms with Gasteiger partial charge in [-0.2, -0.15) is 0 Å². The fourth-order valence-corrected chi connectivity index (χ4v) is 2.86. The van der Waals surface area contributed by atoms with Crippen LogP contribution in [-0.4, -0.2) is 23.6 Å². The predicted molar refractivity (Wildman–Crippen MR) is 84.9 cm³/mol. The summed E-state index contributed by atoms with van der Waals surface area (Å²) in [6.45, 7) is 3.87. The van der Waals surface area contributed by atoms with Crippen molar-refractivity contribution in [3.05, 3.63) is 33.2 Å². The summed E-state index contributed by atoms with van der Waals surface area (Å²) in [6.07, 6.45) is 4.62. The third kappa shape index (κ3) is 4.18. The Morgan fingerprint density at radius 2 is 2.26 bits per heavy atom. The van der Waals surface area contributed by atoms with E-state index in [0.717, 1.165) is 34.9 Å². The number of hydrogen-bond donors (Lipinski definition) is 1. The summed E-state index contributed by atoms with van der Waals surface area (Å²) in [4.78, 5) is 10.9. The van der Waals surface area contributed by atoms with Crippen LogP contribution < -0.4 is 10.2 Å². The van der Waals surface area contributed by atoms with Crippen LogP contribution in [0.1, 0.15) is 18.9 Å². The Labute approximate surface area is 126 Å². The molecular weight excluding hydrogens is 324 g/mol. The van der Waals surface area contributed by atoms with Crippen molar-refractivity contribution in [1.29, 1.82) is 0 Å². The van der Waals surface area contributed by atoms with Crippen molar-refractivity contribution in [1.82, 2.24) is 9.97 Å². The quantitative estimate of drug-likeness (QED) is 0.869. The minimum absolute atomic E-state index is 0.827. The van der Waals surface area contributed by atoms with E-state index in [0.29, 0.717) is 0 Å². The van der Waals surface area contributed by atoms with Gasteiger partial charge in [0.2, 0.25) is 0 Å². The standard InChI is InChI=1S/C13H17BrN4S/c1-3-4-16-12-6-15-7-13(17-12)18(2)8-10-5-11(14)19-9-10/h5-7,9H,3-4,8H2,1-2H3,(H,16,17). The maximum atomic E-state index is 4.56. The Morgan fingerprint density at radius 3 is 2.95 bits per heavy atom. The second-order valence-electron chi connectivity index (χ2n) is 4.30. The van der Waals surface area contributed by atoms with Crippen LogP contribution in [0, 0.1) is 0 Å². The Balaban J connectivity index is 2.03. The molecule has 0 saturated heterocycles. The molecule has 2 aromatic rings. The molecule has 0 saturated carbocycles. The second-order valence-corrected chi connectivity index (χ2v) is 6.59. The number of halogens is 1. The Hall–Kier alpha value is -1.14.